The first-order valence-corrected chi connectivity index (χ1v) is 12.6. The van der Waals surface area contributed by atoms with Gasteiger partial charge in [0.1, 0.15) is 11.6 Å². The summed E-state index contributed by atoms with van der Waals surface area (Å²) in [6, 6.07) is 18.0. The van der Waals surface area contributed by atoms with Gasteiger partial charge in [-0.2, -0.15) is 0 Å². The van der Waals surface area contributed by atoms with E-state index < -0.39 is 11.9 Å². The topological polar surface area (TPSA) is 67.2 Å². The molecule has 0 aliphatic carbocycles. The van der Waals surface area contributed by atoms with Gasteiger partial charge in [0.15, 0.2) is 0 Å². The van der Waals surface area contributed by atoms with Crippen molar-refractivity contribution >= 4 is 22.6 Å². The number of nitrogens with one attached hydrogen (secondary N) is 1. The van der Waals surface area contributed by atoms with Crippen LogP contribution in [0.5, 0.6) is 0 Å². The van der Waals surface area contributed by atoms with E-state index in [0.717, 1.165) is 17.5 Å². The Bertz CT molecular complexity index is 1490. The van der Waals surface area contributed by atoms with E-state index in [-0.39, 0.29) is 11.6 Å². The van der Waals surface area contributed by atoms with E-state index in [9.17, 15) is 14.0 Å². The highest BCUT2D eigenvalue weighted by molar-refractivity contribution is 5.89. The van der Waals surface area contributed by atoms with Crippen molar-refractivity contribution in [3.63, 3.8) is 0 Å². The van der Waals surface area contributed by atoms with Crippen LogP contribution in [-0.2, 0) is 0 Å². The zero-order valence-electron chi connectivity index (χ0n) is 22.0. The standard InChI is InChI=1S/C30H33FN4O2/c1-19(2)15-16-34(30(37)32-24-10-8-9-23(31)18-24)22(5)28-33-27-12-7-6-11-26(27)29(36)35(28)25-14-13-20(3)21(4)17-25/h6-14,17-19,22H,15-16H2,1-5H3,(H,32,37). The molecule has 7 heteroatoms. The minimum absolute atomic E-state index is 0.190. The van der Waals surface area contributed by atoms with E-state index in [1.54, 1.807) is 27.7 Å². The number of hydrogen-bond donors (Lipinski definition) is 1. The highest BCUT2D eigenvalue weighted by Crippen LogP contribution is 2.25. The second-order valence-electron chi connectivity index (χ2n) is 9.89. The van der Waals surface area contributed by atoms with Crippen LogP contribution in [0.2, 0.25) is 0 Å². The van der Waals surface area contributed by atoms with Crippen LogP contribution in [0.4, 0.5) is 14.9 Å². The largest absolute Gasteiger partial charge is 0.322 e. The van der Waals surface area contributed by atoms with E-state index in [1.807, 2.05) is 57.2 Å². The fourth-order valence-electron chi connectivity index (χ4n) is 4.31. The van der Waals surface area contributed by atoms with Crippen molar-refractivity contribution in [1.82, 2.24) is 14.5 Å². The van der Waals surface area contributed by atoms with Gasteiger partial charge in [0.25, 0.3) is 5.56 Å². The van der Waals surface area contributed by atoms with E-state index in [0.29, 0.717) is 40.6 Å². The average Bonchev–Trinajstić information content (AvgIpc) is 2.85. The van der Waals surface area contributed by atoms with Crippen LogP contribution in [0.15, 0.2) is 71.5 Å². The summed E-state index contributed by atoms with van der Waals surface area (Å²) in [5, 5.41) is 3.33. The minimum atomic E-state index is -0.550. The molecule has 3 aromatic carbocycles. The summed E-state index contributed by atoms with van der Waals surface area (Å²) in [5.74, 6) is 0.382. The van der Waals surface area contributed by atoms with Gasteiger partial charge in [-0.15, -0.1) is 0 Å². The van der Waals surface area contributed by atoms with Gasteiger partial charge < -0.3 is 10.2 Å². The number of aryl methyl sites for hydroxylation is 2. The molecule has 6 nitrogen and oxygen atoms in total. The molecule has 0 aliphatic heterocycles. The Kier molecular flexibility index (Phi) is 7.71. The lowest BCUT2D eigenvalue weighted by Gasteiger charge is -2.31. The number of halogens is 1. The van der Waals surface area contributed by atoms with Crippen molar-refractivity contribution in [2.75, 3.05) is 11.9 Å². The van der Waals surface area contributed by atoms with E-state index in [4.69, 9.17) is 4.98 Å². The maximum atomic E-state index is 13.8. The number of amides is 2. The predicted molar refractivity (Wildman–Crippen MR) is 147 cm³/mol. The van der Waals surface area contributed by atoms with E-state index >= 15 is 0 Å². The van der Waals surface area contributed by atoms with E-state index in [2.05, 4.69) is 19.2 Å². The maximum absolute atomic E-state index is 13.8. The fourth-order valence-corrected chi connectivity index (χ4v) is 4.31. The highest BCUT2D eigenvalue weighted by atomic mass is 19.1. The van der Waals surface area contributed by atoms with Crippen LogP contribution >= 0.6 is 0 Å². The molecule has 1 atom stereocenters. The second kappa shape index (κ2) is 10.9. The number of carbonyl (C=O) groups is 1. The van der Waals surface area contributed by atoms with Gasteiger partial charge in [0, 0.05) is 12.2 Å². The highest BCUT2D eigenvalue weighted by Gasteiger charge is 2.27. The number of benzene rings is 3. The van der Waals surface area contributed by atoms with Crippen LogP contribution in [0.25, 0.3) is 16.6 Å². The van der Waals surface area contributed by atoms with Gasteiger partial charge in [-0.3, -0.25) is 9.36 Å². The van der Waals surface area contributed by atoms with Crippen molar-refractivity contribution in [3.05, 3.63) is 99.9 Å². The second-order valence-corrected chi connectivity index (χ2v) is 9.89. The van der Waals surface area contributed by atoms with Crippen LogP contribution in [0.1, 0.15) is 50.2 Å². The molecule has 0 bridgehead atoms. The maximum Gasteiger partial charge on any atom is 0.322 e. The molecule has 0 fully saturated rings. The summed E-state index contributed by atoms with van der Waals surface area (Å²) in [4.78, 5) is 33.9. The van der Waals surface area contributed by atoms with Gasteiger partial charge >= 0.3 is 6.03 Å². The molecule has 0 aliphatic rings. The Morgan fingerprint density at radius 3 is 2.46 bits per heavy atom. The van der Waals surface area contributed by atoms with Crippen LogP contribution in [0, 0.1) is 25.6 Å². The number of para-hydroxylation sites is 1. The van der Waals surface area contributed by atoms with Gasteiger partial charge in [-0.05, 0) is 86.7 Å². The zero-order valence-corrected chi connectivity index (χ0v) is 22.0. The number of hydrogen-bond acceptors (Lipinski definition) is 3. The molecule has 0 radical (unpaired) electrons. The van der Waals surface area contributed by atoms with Crippen LogP contribution < -0.4 is 10.9 Å². The number of rotatable bonds is 7. The minimum Gasteiger partial charge on any atom is -0.315 e. The molecule has 4 aromatic rings. The summed E-state index contributed by atoms with van der Waals surface area (Å²) in [6.07, 6.45) is 0.752. The molecule has 192 valence electrons. The molecule has 1 N–H and O–H groups in total. The van der Waals surface area contributed by atoms with Gasteiger partial charge in [-0.1, -0.05) is 38.1 Å². The lowest BCUT2D eigenvalue weighted by atomic mass is 10.1. The van der Waals surface area contributed by atoms with Gasteiger partial charge in [0.2, 0.25) is 0 Å². The quantitative estimate of drug-likeness (QED) is 0.304. The first kappa shape index (κ1) is 26.1. The summed E-state index contributed by atoms with van der Waals surface area (Å²) in [6.45, 7) is 10.5. The third-order valence-electron chi connectivity index (χ3n) is 6.68. The van der Waals surface area contributed by atoms with Crippen molar-refractivity contribution in [2.45, 2.75) is 47.1 Å². The molecule has 4 rings (SSSR count). The molecule has 0 spiro atoms. The van der Waals surface area contributed by atoms with Crippen LogP contribution in [0.3, 0.4) is 0 Å². The Balaban J connectivity index is 1.85. The first-order valence-electron chi connectivity index (χ1n) is 12.6. The molecule has 2 amide bonds. The number of urea groups is 1. The number of nitrogens with zero attached hydrogens (tertiary/aromatic N) is 3. The summed E-state index contributed by atoms with van der Waals surface area (Å²) in [5.41, 5.74) is 3.62. The molecule has 1 heterocycles. The Morgan fingerprint density at radius 1 is 1.00 bits per heavy atom. The Labute approximate surface area is 216 Å². The monoisotopic (exact) mass is 500 g/mol. The Morgan fingerprint density at radius 2 is 1.76 bits per heavy atom. The first-order chi connectivity index (χ1) is 17.7. The number of anilines is 1. The molecule has 0 saturated carbocycles. The molecular weight excluding hydrogens is 467 g/mol. The predicted octanol–water partition coefficient (Wildman–Crippen LogP) is 6.78. The summed E-state index contributed by atoms with van der Waals surface area (Å²) < 4.78 is 15.4. The molecular formula is C30H33FN4O2. The number of aromatic nitrogens is 2. The average molecular weight is 501 g/mol. The van der Waals surface area contributed by atoms with Crippen molar-refractivity contribution in [1.29, 1.82) is 0 Å². The van der Waals surface area contributed by atoms with Crippen molar-refractivity contribution in [2.24, 2.45) is 5.92 Å². The van der Waals surface area contributed by atoms with Crippen LogP contribution in [-0.4, -0.2) is 27.0 Å². The lowest BCUT2D eigenvalue weighted by molar-refractivity contribution is 0.185. The number of carbonyl (C=O) groups excluding carboxylic acids is 1. The lowest BCUT2D eigenvalue weighted by Crippen LogP contribution is -2.40. The van der Waals surface area contributed by atoms with E-state index in [1.165, 1.54) is 12.1 Å². The SMILES string of the molecule is Cc1ccc(-n2c(C(C)N(CCC(C)C)C(=O)Nc3cccc(F)c3)nc3ccccc3c2=O)cc1C. The molecule has 0 saturated heterocycles. The number of fused-ring (bicyclic) bond motifs is 1. The molecule has 37 heavy (non-hydrogen) atoms. The normalized spacial score (nSPS) is 12.1. The third kappa shape index (κ3) is 5.71. The fraction of sp³-hybridized carbons (Fsp3) is 0.300. The summed E-state index contributed by atoms with van der Waals surface area (Å²) >= 11 is 0. The van der Waals surface area contributed by atoms with Gasteiger partial charge in [0.05, 0.1) is 22.6 Å². The molecule has 1 unspecified atom stereocenters. The molecule has 1 aromatic heterocycles. The zero-order chi connectivity index (χ0) is 26.7. The third-order valence-corrected chi connectivity index (χ3v) is 6.68. The van der Waals surface area contributed by atoms with Crippen molar-refractivity contribution in [3.8, 4) is 5.69 Å². The summed E-state index contributed by atoms with van der Waals surface area (Å²) in [7, 11) is 0. The smallest absolute Gasteiger partial charge is 0.315 e. The van der Waals surface area contributed by atoms with Gasteiger partial charge in [-0.25, -0.2) is 14.2 Å². The Hall–Kier alpha value is -4.00. The van der Waals surface area contributed by atoms with Crippen molar-refractivity contribution < 1.29 is 9.18 Å².